The van der Waals surface area contributed by atoms with Gasteiger partial charge in [0.1, 0.15) is 11.6 Å². The van der Waals surface area contributed by atoms with Gasteiger partial charge >= 0.3 is 0 Å². The molecule has 0 saturated carbocycles. The summed E-state index contributed by atoms with van der Waals surface area (Å²) in [4.78, 5) is 31.9. The number of hydrogen-bond donors (Lipinski definition) is 1. The average Bonchev–Trinajstić information content (AvgIpc) is 3.36. The van der Waals surface area contributed by atoms with Crippen molar-refractivity contribution in [1.82, 2.24) is 4.98 Å². The van der Waals surface area contributed by atoms with Crippen molar-refractivity contribution >= 4 is 34.0 Å². The molecule has 0 aliphatic carbocycles. The van der Waals surface area contributed by atoms with Gasteiger partial charge in [-0.15, -0.1) is 11.3 Å². The Morgan fingerprint density at radius 3 is 2.87 bits per heavy atom. The number of hydrogen-bond acceptors (Lipinski definition) is 5. The van der Waals surface area contributed by atoms with Crippen LogP contribution in [0.1, 0.15) is 16.9 Å². The summed E-state index contributed by atoms with van der Waals surface area (Å²) in [5.74, 6) is -0.390. The lowest BCUT2D eigenvalue weighted by Crippen LogP contribution is -2.28. The minimum atomic E-state index is -0.451. The lowest BCUT2D eigenvalue weighted by Gasteiger charge is -2.17. The number of carbonyl (C=O) groups excluding carboxylic acids is 2. The zero-order valence-electron chi connectivity index (χ0n) is 16.3. The molecule has 1 aliphatic rings. The maximum absolute atomic E-state index is 13.0. The van der Waals surface area contributed by atoms with Crippen LogP contribution in [0.5, 0.6) is 5.75 Å². The molecule has 2 heterocycles. The molecule has 4 rings (SSSR count). The van der Waals surface area contributed by atoms with E-state index >= 15 is 0 Å². The Balaban J connectivity index is 1.38. The number of amides is 2. The van der Waals surface area contributed by atoms with Crippen molar-refractivity contribution in [3.63, 3.8) is 0 Å². The molecule has 1 aliphatic heterocycles. The van der Waals surface area contributed by atoms with E-state index in [9.17, 15) is 14.0 Å². The molecule has 154 valence electrons. The smallest absolute Gasteiger partial charge is 0.231 e. The number of aromatic nitrogens is 1. The van der Waals surface area contributed by atoms with Crippen LogP contribution < -0.4 is 15.0 Å². The Bertz CT molecular complexity index is 1070. The van der Waals surface area contributed by atoms with Gasteiger partial charge in [-0.25, -0.2) is 9.37 Å². The molecule has 8 heteroatoms. The van der Waals surface area contributed by atoms with E-state index in [0.29, 0.717) is 29.5 Å². The highest BCUT2D eigenvalue weighted by Gasteiger charge is 2.35. The lowest BCUT2D eigenvalue weighted by atomic mass is 10.1. The van der Waals surface area contributed by atoms with Crippen LogP contribution in [0.2, 0.25) is 0 Å². The fourth-order valence-corrected chi connectivity index (χ4v) is 4.22. The van der Waals surface area contributed by atoms with E-state index in [4.69, 9.17) is 4.74 Å². The van der Waals surface area contributed by atoms with Gasteiger partial charge in [-0.2, -0.15) is 0 Å². The molecular formula is C22H20FN3O3S. The van der Waals surface area contributed by atoms with Gasteiger partial charge in [-0.3, -0.25) is 9.59 Å². The summed E-state index contributed by atoms with van der Waals surface area (Å²) in [6.07, 6.45) is 2.46. The van der Waals surface area contributed by atoms with E-state index in [1.165, 1.54) is 23.5 Å². The maximum Gasteiger partial charge on any atom is 0.231 e. The topological polar surface area (TPSA) is 71.5 Å². The van der Waals surface area contributed by atoms with Gasteiger partial charge in [-0.1, -0.05) is 18.2 Å². The Kier molecular flexibility index (Phi) is 5.76. The zero-order chi connectivity index (χ0) is 21.1. The molecule has 0 radical (unpaired) electrons. The summed E-state index contributed by atoms with van der Waals surface area (Å²) in [5.41, 5.74) is 1.68. The van der Waals surface area contributed by atoms with Crippen molar-refractivity contribution in [3.8, 4) is 5.75 Å². The fourth-order valence-electron chi connectivity index (χ4n) is 3.37. The Hall–Kier alpha value is -3.26. The SMILES string of the molecule is COc1cccc(N2C[C@H](C(=O)Nc3ncc(Cc4ccc(F)cc4)s3)CC2=O)c1. The molecule has 2 amide bonds. The highest BCUT2D eigenvalue weighted by Crippen LogP contribution is 2.29. The number of ether oxygens (including phenoxy) is 1. The van der Waals surface area contributed by atoms with Gasteiger partial charge in [0.05, 0.1) is 13.0 Å². The summed E-state index contributed by atoms with van der Waals surface area (Å²) in [6.45, 7) is 0.311. The Morgan fingerprint density at radius 2 is 2.10 bits per heavy atom. The van der Waals surface area contributed by atoms with Gasteiger partial charge in [-0.05, 0) is 29.8 Å². The van der Waals surface area contributed by atoms with Crippen LogP contribution >= 0.6 is 11.3 Å². The Morgan fingerprint density at radius 1 is 1.30 bits per heavy atom. The molecule has 1 saturated heterocycles. The van der Waals surface area contributed by atoms with Crippen molar-refractivity contribution in [3.05, 3.63) is 71.0 Å². The van der Waals surface area contributed by atoms with Crippen LogP contribution in [0, 0.1) is 11.7 Å². The second kappa shape index (κ2) is 8.62. The quantitative estimate of drug-likeness (QED) is 0.651. The summed E-state index contributed by atoms with van der Waals surface area (Å²) in [7, 11) is 1.57. The van der Waals surface area contributed by atoms with E-state index in [-0.39, 0.29) is 24.1 Å². The number of benzene rings is 2. The fraction of sp³-hybridized carbons (Fsp3) is 0.227. The minimum Gasteiger partial charge on any atom is -0.497 e. The molecule has 2 aromatic carbocycles. The number of nitrogens with one attached hydrogen (secondary N) is 1. The molecule has 30 heavy (non-hydrogen) atoms. The number of thiazole rings is 1. The van der Waals surface area contributed by atoms with Crippen LogP contribution in [0.4, 0.5) is 15.2 Å². The molecule has 1 aromatic heterocycles. The van der Waals surface area contributed by atoms with Crippen molar-refractivity contribution in [2.75, 3.05) is 23.9 Å². The van der Waals surface area contributed by atoms with Gasteiger partial charge in [0, 0.05) is 42.2 Å². The van der Waals surface area contributed by atoms with Crippen LogP contribution in [0.15, 0.2) is 54.7 Å². The monoisotopic (exact) mass is 425 g/mol. The van der Waals surface area contributed by atoms with E-state index < -0.39 is 5.92 Å². The summed E-state index contributed by atoms with van der Waals surface area (Å²) in [6, 6.07) is 13.5. The van der Waals surface area contributed by atoms with Crippen LogP contribution in [-0.2, 0) is 16.0 Å². The van der Waals surface area contributed by atoms with Crippen molar-refractivity contribution in [2.24, 2.45) is 5.92 Å². The second-order valence-electron chi connectivity index (χ2n) is 7.03. The first kappa shape index (κ1) is 20.0. The minimum absolute atomic E-state index is 0.0976. The van der Waals surface area contributed by atoms with Gasteiger partial charge in [0.15, 0.2) is 5.13 Å². The first-order valence-corrected chi connectivity index (χ1v) is 10.3. The molecule has 1 N–H and O–H groups in total. The third-order valence-corrected chi connectivity index (χ3v) is 5.85. The number of carbonyl (C=O) groups is 2. The van der Waals surface area contributed by atoms with Crippen molar-refractivity contribution in [1.29, 1.82) is 0 Å². The number of halogens is 1. The van der Waals surface area contributed by atoms with Gasteiger partial charge in [0.2, 0.25) is 11.8 Å². The predicted octanol–water partition coefficient (Wildman–Crippen LogP) is 3.87. The summed E-state index contributed by atoms with van der Waals surface area (Å²) >= 11 is 1.37. The largest absolute Gasteiger partial charge is 0.497 e. The third kappa shape index (κ3) is 4.49. The number of nitrogens with zero attached hydrogens (tertiary/aromatic N) is 2. The zero-order valence-corrected chi connectivity index (χ0v) is 17.1. The molecule has 0 spiro atoms. The van der Waals surface area contributed by atoms with Crippen molar-refractivity contribution < 1.29 is 18.7 Å². The highest BCUT2D eigenvalue weighted by atomic mass is 32.1. The van der Waals surface area contributed by atoms with Crippen LogP contribution in [0.3, 0.4) is 0 Å². The lowest BCUT2D eigenvalue weighted by molar-refractivity contribution is -0.122. The van der Waals surface area contributed by atoms with Crippen LogP contribution in [0.25, 0.3) is 0 Å². The first-order chi connectivity index (χ1) is 14.5. The number of methoxy groups -OCH3 is 1. The summed E-state index contributed by atoms with van der Waals surface area (Å²) < 4.78 is 18.2. The molecule has 1 fully saturated rings. The maximum atomic E-state index is 13.0. The molecule has 3 aromatic rings. The second-order valence-corrected chi connectivity index (χ2v) is 8.15. The molecule has 0 unspecified atom stereocenters. The van der Waals surface area contributed by atoms with E-state index in [0.717, 1.165) is 10.4 Å². The normalized spacial score (nSPS) is 16.0. The third-order valence-electron chi connectivity index (χ3n) is 4.94. The number of anilines is 2. The van der Waals surface area contributed by atoms with E-state index in [1.54, 1.807) is 42.5 Å². The van der Waals surface area contributed by atoms with Gasteiger partial charge < -0.3 is 15.0 Å². The molecular weight excluding hydrogens is 405 g/mol. The Labute approximate surface area is 177 Å². The summed E-state index contributed by atoms with van der Waals surface area (Å²) in [5, 5.41) is 3.31. The van der Waals surface area contributed by atoms with Crippen LogP contribution in [-0.4, -0.2) is 30.5 Å². The van der Waals surface area contributed by atoms with Crippen molar-refractivity contribution in [2.45, 2.75) is 12.8 Å². The predicted molar refractivity (Wildman–Crippen MR) is 113 cm³/mol. The van der Waals surface area contributed by atoms with Gasteiger partial charge in [0.25, 0.3) is 0 Å². The van der Waals surface area contributed by atoms with E-state index in [2.05, 4.69) is 10.3 Å². The van der Waals surface area contributed by atoms with E-state index in [1.807, 2.05) is 12.1 Å². The standard InChI is InChI=1S/C22H20FN3O3S/c1-29-18-4-2-3-17(11-18)26-13-15(10-20(26)27)21(28)25-22-24-12-19(30-22)9-14-5-7-16(23)8-6-14/h2-8,11-12,15H,9-10,13H2,1H3,(H,24,25,28)/t15-/m1/s1. The first-order valence-electron chi connectivity index (χ1n) is 9.46. The number of rotatable bonds is 6. The molecule has 1 atom stereocenters. The molecule has 0 bridgehead atoms. The molecule has 6 nitrogen and oxygen atoms in total. The average molecular weight is 425 g/mol. The highest BCUT2D eigenvalue weighted by molar-refractivity contribution is 7.15.